The minimum Gasteiger partial charge on any atom is -0.340 e. The molecule has 3 aromatic carbocycles. The molecule has 28 heavy (non-hydrogen) atoms. The standard InChI is InChI=1S/C24H24N4/c1-3-8-18(9-4-1)22(19-10-5-2-6-11-19)20-12-7-13-21-23(20)27-24(26-21)28-16-14-25-15-17-28/h1-13,22,25H,14-17H2,(H,26,27). The normalized spacial score (nSPS) is 14.7. The van der Waals surface area contributed by atoms with E-state index in [1.54, 1.807) is 0 Å². The van der Waals surface area contributed by atoms with E-state index in [0.717, 1.165) is 43.2 Å². The van der Waals surface area contributed by atoms with Crippen LogP contribution in [0.4, 0.5) is 5.95 Å². The first-order valence-corrected chi connectivity index (χ1v) is 9.94. The van der Waals surface area contributed by atoms with E-state index in [0.29, 0.717) is 0 Å². The maximum absolute atomic E-state index is 5.05. The summed E-state index contributed by atoms with van der Waals surface area (Å²) in [7, 11) is 0. The van der Waals surface area contributed by atoms with Gasteiger partial charge in [-0.3, -0.25) is 0 Å². The van der Waals surface area contributed by atoms with Gasteiger partial charge in [-0.1, -0.05) is 72.8 Å². The van der Waals surface area contributed by atoms with Gasteiger partial charge in [0.25, 0.3) is 0 Å². The maximum Gasteiger partial charge on any atom is 0.203 e. The molecule has 2 N–H and O–H groups in total. The van der Waals surface area contributed by atoms with E-state index in [1.807, 2.05) is 0 Å². The number of aromatic nitrogens is 2. The molecule has 1 fully saturated rings. The molecular formula is C24H24N4. The van der Waals surface area contributed by atoms with Crippen LogP contribution in [0.3, 0.4) is 0 Å². The number of nitrogens with zero attached hydrogens (tertiary/aromatic N) is 2. The molecule has 4 aromatic rings. The van der Waals surface area contributed by atoms with Gasteiger partial charge in [0.05, 0.1) is 11.0 Å². The number of rotatable bonds is 4. The summed E-state index contributed by atoms with van der Waals surface area (Å²) in [5.74, 6) is 1.13. The molecule has 4 heteroatoms. The molecule has 0 saturated carbocycles. The van der Waals surface area contributed by atoms with Crippen LogP contribution < -0.4 is 10.2 Å². The van der Waals surface area contributed by atoms with Crippen LogP contribution in [0.1, 0.15) is 22.6 Å². The number of para-hydroxylation sites is 1. The lowest BCUT2D eigenvalue weighted by molar-refractivity contribution is 0.582. The lowest BCUT2D eigenvalue weighted by atomic mass is 9.84. The van der Waals surface area contributed by atoms with Crippen molar-refractivity contribution < 1.29 is 0 Å². The summed E-state index contributed by atoms with van der Waals surface area (Å²) in [5.41, 5.74) is 5.98. The summed E-state index contributed by atoms with van der Waals surface area (Å²) in [6.45, 7) is 3.97. The molecule has 0 atom stereocenters. The van der Waals surface area contributed by atoms with Gasteiger partial charge in [-0.2, -0.15) is 0 Å². The van der Waals surface area contributed by atoms with Crippen molar-refractivity contribution in [1.82, 2.24) is 15.3 Å². The molecule has 140 valence electrons. The van der Waals surface area contributed by atoms with Crippen LogP contribution in [0, 0.1) is 0 Å². The lowest BCUT2D eigenvalue weighted by Crippen LogP contribution is -2.44. The molecule has 5 rings (SSSR count). The van der Waals surface area contributed by atoms with Crippen LogP contribution >= 0.6 is 0 Å². The maximum atomic E-state index is 5.05. The van der Waals surface area contributed by atoms with Crippen LogP contribution in [0.25, 0.3) is 11.0 Å². The van der Waals surface area contributed by atoms with Gasteiger partial charge in [-0.15, -0.1) is 0 Å². The number of hydrogen-bond donors (Lipinski definition) is 2. The molecule has 2 heterocycles. The molecule has 0 amide bonds. The summed E-state index contributed by atoms with van der Waals surface area (Å²) in [5, 5.41) is 3.41. The average molecular weight is 368 g/mol. The van der Waals surface area contributed by atoms with Crippen LogP contribution in [-0.2, 0) is 0 Å². The molecule has 0 spiro atoms. The first kappa shape index (κ1) is 17.0. The molecule has 0 unspecified atom stereocenters. The Morgan fingerprint density at radius 1 is 0.750 bits per heavy atom. The van der Waals surface area contributed by atoms with E-state index >= 15 is 0 Å². The number of nitrogens with one attached hydrogen (secondary N) is 2. The zero-order valence-corrected chi connectivity index (χ0v) is 15.8. The summed E-state index contributed by atoms with van der Waals surface area (Å²) in [6, 6.07) is 27.9. The molecule has 0 radical (unpaired) electrons. The number of anilines is 1. The van der Waals surface area contributed by atoms with Gasteiger partial charge in [-0.05, 0) is 22.8 Å². The van der Waals surface area contributed by atoms with E-state index in [2.05, 4.69) is 94.1 Å². The smallest absolute Gasteiger partial charge is 0.203 e. The van der Waals surface area contributed by atoms with Gasteiger partial charge >= 0.3 is 0 Å². The minimum absolute atomic E-state index is 0.158. The molecule has 1 aliphatic rings. The van der Waals surface area contributed by atoms with Crippen molar-refractivity contribution in [2.75, 3.05) is 31.1 Å². The van der Waals surface area contributed by atoms with Gasteiger partial charge in [-0.25, -0.2) is 4.98 Å². The van der Waals surface area contributed by atoms with Gasteiger partial charge in [0.2, 0.25) is 5.95 Å². The van der Waals surface area contributed by atoms with Crippen molar-refractivity contribution in [3.8, 4) is 0 Å². The number of hydrogen-bond acceptors (Lipinski definition) is 3. The molecule has 4 nitrogen and oxygen atoms in total. The van der Waals surface area contributed by atoms with E-state index in [4.69, 9.17) is 4.98 Å². The Balaban J connectivity index is 1.65. The number of fused-ring (bicyclic) bond motifs is 1. The lowest BCUT2D eigenvalue weighted by Gasteiger charge is -2.26. The third kappa shape index (κ3) is 3.16. The van der Waals surface area contributed by atoms with Gasteiger partial charge in [0.15, 0.2) is 0 Å². The summed E-state index contributed by atoms with van der Waals surface area (Å²) in [4.78, 5) is 10.9. The fourth-order valence-electron chi connectivity index (χ4n) is 4.14. The third-order valence-electron chi connectivity index (χ3n) is 5.52. The summed E-state index contributed by atoms with van der Waals surface area (Å²) in [6.07, 6.45) is 0. The zero-order valence-electron chi connectivity index (χ0n) is 15.8. The minimum atomic E-state index is 0.158. The number of imidazole rings is 1. The number of benzene rings is 3. The molecule has 1 saturated heterocycles. The number of aromatic amines is 1. The average Bonchev–Trinajstić information content (AvgIpc) is 3.21. The van der Waals surface area contributed by atoms with E-state index in [-0.39, 0.29) is 5.92 Å². The molecule has 0 aliphatic carbocycles. The Bertz CT molecular complexity index is 1010. The highest BCUT2D eigenvalue weighted by molar-refractivity contribution is 5.83. The Kier molecular flexibility index (Phi) is 4.55. The van der Waals surface area contributed by atoms with Crippen LogP contribution in [-0.4, -0.2) is 36.1 Å². The molecular weight excluding hydrogens is 344 g/mol. The fourth-order valence-corrected chi connectivity index (χ4v) is 4.14. The molecule has 0 bridgehead atoms. The van der Waals surface area contributed by atoms with Crippen molar-refractivity contribution in [1.29, 1.82) is 0 Å². The number of H-pyrrole nitrogens is 1. The van der Waals surface area contributed by atoms with Gasteiger partial charge in [0, 0.05) is 32.1 Å². The third-order valence-corrected chi connectivity index (χ3v) is 5.52. The Morgan fingerprint density at radius 3 is 2.04 bits per heavy atom. The second kappa shape index (κ2) is 7.49. The van der Waals surface area contributed by atoms with Gasteiger partial charge < -0.3 is 15.2 Å². The SMILES string of the molecule is c1ccc(C(c2ccccc2)c2cccc3[nH]c(N4CCNCC4)nc23)cc1. The van der Waals surface area contributed by atoms with Crippen LogP contribution in [0.5, 0.6) is 0 Å². The van der Waals surface area contributed by atoms with Gasteiger partial charge in [0.1, 0.15) is 0 Å². The first-order chi connectivity index (χ1) is 13.9. The Hall–Kier alpha value is -3.11. The Morgan fingerprint density at radius 2 is 1.39 bits per heavy atom. The van der Waals surface area contributed by atoms with E-state index < -0.39 is 0 Å². The second-order valence-corrected chi connectivity index (χ2v) is 7.30. The highest BCUT2D eigenvalue weighted by Crippen LogP contribution is 2.36. The highest BCUT2D eigenvalue weighted by atomic mass is 15.3. The zero-order chi connectivity index (χ0) is 18.8. The largest absolute Gasteiger partial charge is 0.340 e. The first-order valence-electron chi connectivity index (χ1n) is 9.94. The van der Waals surface area contributed by atoms with Crippen molar-refractivity contribution in [3.05, 3.63) is 95.6 Å². The monoisotopic (exact) mass is 368 g/mol. The molecule has 1 aromatic heterocycles. The predicted molar refractivity (Wildman–Crippen MR) is 115 cm³/mol. The highest BCUT2D eigenvalue weighted by Gasteiger charge is 2.22. The second-order valence-electron chi connectivity index (χ2n) is 7.30. The predicted octanol–water partition coefficient (Wildman–Crippen LogP) is 4.15. The van der Waals surface area contributed by atoms with Crippen LogP contribution in [0.2, 0.25) is 0 Å². The topological polar surface area (TPSA) is 44.0 Å². The Labute approximate surface area is 165 Å². The fraction of sp³-hybridized carbons (Fsp3) is 0.208. The van der Waals surface area contributed by atoms with E-state index in [1.165, 1.54) is 16.7 Å². The quantitative estimate of drug-likeness (QED) is 0.532. The van der Waals surface area contributed by atoms with Crippen molar-refractivity contribution >= 4 is 17.0 Å². The molecule has 1 aliphatic heterocycles. The van der Waals surface area contributed by atoms with Crippen LogP contribution in [0.15, 0.2) is 78.9 Å². The van der Waals surface area contributed by atoms with Crippen molar-refractivity contribution in [3.63, 3.8) is 0 Å². The van der Waals surface area contributed by atoms with Crippen molar-refractivity contribution in [2.24, 2.45) is 0 Å². The number of piperazine rings is 1. The summed E-state index contributed by atoms with van der Waals surface area (Å²) >= 11 is 0. The van der Waals surface area contributed by atoms with E-state index in [9.17, 15) is 0 Å². The van der Waals surface area contributed by atoms with Crippen molar-refractivity contribution in [2.45, 2.75) is 5.92 Å². The summed E-state index contributed by atoms with van der Waals surface area (Å²) < 4.78 is 0.